The van der Waals surface area contributed by atoms with Gasteiger partial charge in [-0.05, 0) is 48.9 Å². The fraction of sp³-hybridized carbons (Fsp3) is 0.217. The average molecular weight is 486 g/mol. The number of nitriles is 1. The van der Waals surface area contributed by atoms with E-state index in [2.05, 4.69) is 10.4 Å². The van der Waals surface area contributed by atoms with E-state index in [1.54, 1.807) is 13.0 Å². The first kappa shape index (κ1) is 23.7. The second kappa shape index (κ2) is 8.75. The molecule has 0 saturated heterocycles. The summed E-state index contributed by atoms with van der Waals surface area (Å²) in [6, 6.07) is 7.65. The Labute approximate surface area is 196 Å². The summed E-state index contributed by atoms with van der Waals surface area (Å²) in [4.78, 5) is 26.4. The van der Waals surface area contributed by atoms with Gasteiger partial charge in [0.1, 0.15) is 11.5 Å². The lowest BCUT2D eigenvalue weighted by Gasteiger charge is -2.26. The zero-order valence-electron chi connectivity index (χ0n) is 18.3. The van der Waals surface area contributed by atoms with Gasteiger partial charge in [-0.15, -0.1) is 0 Å². The lowest BCUT2D eigenvalue weighted by atomic mass is 10.0. The number of rotatable bonds is 3. The van der Waals surface area contributed by atoms with Crippen molar-refractivity contribution in [3.63, 3.8) is 0 Å². The van der Waals surface area contributed by atoms with Gasteiger partial charge in [0.05, 0.1) is 41.5 Å². The van der Waals surface area contributed by atoms with Crippen LogP contribution >= 0.6 is 0 Å². The first-order valence-corrected chi connectivity index (χ1v) is 10.3. The van der Waals surface area contributed by atoms with Crippen LogP contribution in [0.5, 0.6) is 0 Å². The van der Waals surface area contributed by atoms with Gasteiger partial charge in [0, 0.05) is 17.8 Å². The molecule has 0 atom stereocenters. The van der Waals surface area contributed by atoms with Crippen molar-refractivity contribution in [1.82, 2.24) is 14.7 Å². The lowest BCUT2D eigenvalue weighted by Crippen LogP contribution is -2.42. The highest BCUT2D eigenvalue weighted by Gasteiger charge is 2.35. The summed E-state index contributed by atoms with van der Waals surface area (Å²) in [6.45, 7) is 2.03. The Kier molecular flexibility index (Phi) is 5.94. The maximum absolute atomic E-state index is 14.1. The Bertz CT molecular complexity index is 1370. The van der Waals surface area contributed by atoms with Crippen LogP contribution in [0.15, 0.2) is 36.4 Å². The van der Waals surface area contributed by atoms with Crippen molar-refractivity contribution in [1.29, 1.82) is 5.26 Å². The number of amides is 3. The molecule has 1 aliphatic rings. The predicted octanol–water partition coefficient (Wildman–Crippen LogP) is 4.03. The van der Waals surface area contributed by atoms with E-state index < -0.39 is 35.1 Å². The molecule has 0 spiro atoms. The third-order valence-corrected chi connectivity index (χ3v) is 5.54. The minimum absolute atomic E-state index is 0.0288. The summed E-state index contributed by atoms with van der Waals surface area (Å²) >= 11 is 0. The molecule has 0 saturated carbocycles. The number of carbonyl (C=O) groups is 2. The second-order valence-electron chi connectivity index (χ2n) is 7.99. The lowest BCUT2D eigenvalue weighted by molar-refractivity contribution is -0.137. The maximum atomic E-state index is 14.1. The number of alkyl halides is 3. The van der Waals surface area contributed by atoms with Crippen LogP contribution in [0.3, 0.4) is 0 Å². The minimum atomic E-state index is -4.81. The molecule has 3 amide bonds. The number of hydrogen-bond donors (Lipinski definition) is 2. The number of aryl methyl sites for hydroxylation is 1. The number of carbonyl (C=O) groups excluding carboxylic acids is 2. The number of anilines is 1. The van der Waals surface area contributed by atoms with Gasteiger partial charge in [0.25, 0.3) is 5.91 Å². The van der Waals surface area contributed by atoms with Crippen LogP contribution in [0.2, 0.25) is 0 Å². The first-order valence-electron chi connectivity index (χ1n) is 10.3. The van der Waals surface area contributed by atoms with Gasteiger partial charge in [-0.25, -0.2) is 9.18 Å². The quantitative estimate of drug-likeness (QED) is 0.544. The van der Waals surface area contributed by atoms with Gasteiger partial charge < -0.3 is 16.0 Å². The van der Waals surface area contributed by atoms with Crippen LogP contribution in [0.25, 0.3) is 11.3 Å². The molecule has 4 rings (SSSR count). The maximum Gasteiger partial charge on any atom is 0.417 e. The smallest absolute Gasteiger partial charge is 0.351 e. The van der Waals surface area contributed by atoms with Gasteiger partial charge in [-0.1, -0.05) is 0 Å². The number of hydrogen-bond acceptors (Lipinski definition) is 4. The molecule has 3 N–H and O–H groups in total. The van der Waals surface area contributed by atoms with Crippen LogP contribution in [0, 0.1) is 24.1 Å². The van der Waals surface area contributed by atoms with E-state index in [4.69, 9.17) is 11.0 Å². The average Bonchev–Trinajstić information content (AvgIpc) is 3.16. The summed E-state index contributed by atoms with van der Waals surface area (Å²) < 4.78 is 55.7. The van der Waals surface area contributed by atoms with Gasteiger partial charge >= 0.3 is 12.2 Å². The molecule has 0 fully saturated rings. The molecular weight excluding hydrogens is 468 g/mol. The molecule has 35 heavy (non-hydrogen) atoms. The van der Waals surface area contributed by atoms with Gasteiger partial charge in [-0.2, -0.15) is 23.5 Å². The number of halogens is 4. The Morgan fingerprint density at radius 2 is 1.91 bits per heavy atom. The molecule has 1 aliphatic heterocycles. The molecule has 0 bridgehead atoms. The van der Waals surface area contributed by atoms with Gasteiger partial charge in [-0.3, -0.25) is 9.48 Å². The fourth-order valence-corrected chi connectivity index (χ4v) is 3.97. The van der Waals surface area contributed by atoms with E-state index in [0.717, 1.165) is 6.07 Å². The summed E-state index contributed by atoms with van der Waals surface area (Å²) in [5, 5.41) is 15.8. The molecule has 0 radical (unpaired) electrons. The highest BCUT2D eigenvalue weighted by atomic mass is 19.4. The van der Waals surface area contributed by atoms with Crippen molar-refractivity contribution < 1.29 is 27.2 Å². The molecule has 1 aromatic heterocycles. The highest BCUT2D eigenvalue weighted by molar-refractivity contribution is 6.09. The number of urea groups is 1. The topological polar surface area (TPSA) is 117 Å². The molecule has 2 aromatic carbocycles. The van der Waals surface area contributed by atoms with Gasteiger partial charge in [0.15, 0.2) is 0 Å². The standard InChI is InChI=1S/C23H18F4N6O2/c1-12-6-14(8-15(24)7-12)20-19(18-11-32(22(29)35)4-5-33(18)31-20)21(34)30-16-3-2-13(10-28)17(9-16)23(25,26)27/h2-3,6-9H,4-5,11H2,1H3,(H2,29,35)(H,30,34). The number of primary amides is 1. The van der Waals surface area contributed by atoms with E-state index in [1.165, 1.54) is 33.9 Å². The van der Waals surface area contributed by atoms with Crippen LogP contribution in [-0.2, 0) is 19.3 Å². The normalized spacial score (nSPS) is 13.2. The van der Waals surface area contributed by atoms with Crippen molar-refractivity contribution in [3.05, 3.63) is 70.2 Å². The summed E-state index contributed by atoms with van der Waals surface area (Å²) in [5.41, 5.74) is 4.63. The summed E-state index contributed by atoms with van der Waals surface area (Å²) in [7, 11) is 0. The number of fused-ring (bicyclic) bond motifs is 1. The molecule has 8 nitrogen and oxygen atoms in total. The third kappa shape index (κ3) is 4.65. The molecule has 0 aliphatic carbocycles. The van der Waals surface area contributed by atoms with Crippen molar-refractivity contribution in [3.8, 4) is 17.3 Å². The van der Waals surface area contributed by atoms with Crippen LogP contribution < -0.4 is 11.1 Å². The van der Waals surface area contributed by atoms with Gasteiger partial charge in [0.2, 0.25) is 0 Å². The van der Waals surface area contributed by atoms with Crippen LogP contribution in [0.4, 0.5) is 28.0 Å². The zero-order valence-corrected chi connectivity index (χ0v) is 18.3. The molecule has 12 heteroatoms. The number of aromatic nitrogens is 2. The molecule has 2 heterocycles. The fourth-order valence-electron chi connectivity index (χ4n) is 3.97. The number of nitrogens with one attached hydrogen (secondary N) is 1. The monoisotopic (exact) mass is 486 g/mol. The van der Waals surface area contributed by atoms with E-state index in [1.807, 2.05) is 0 Å². The molecule has 180 valence electrons. The Balaban J connectivity index is 1.81. The first-order chi connectivity index (χ1) is 16.5. The van der Waals surface area contributed by atoms with E-state index in [0.29, 0.717) is 17.3 Å². The Morgan fingerprint density at radius 1 is 1.17 bits per heavy atom. The third-order valence-electron chi connectivity index (χ3n) is 5.54. The Morgan fingerprint density at radius 3 is 2.54 bits per heavy atom. The zero-order chi connectivity index (χ0) is 25.5. The van der Waals surface area contributed by atoms with Crippen LogP contribution in [-0.4, -0.2) is 33.2 Å². The Hall–Kier alpha value is -4.40. The second-order valence-corrected chi connectivity index (χ2v) is 7.99. The highest BCUT2D eigenvalue weighted by Crippen LogP contribution is 2.35. The SMILES string of the molecule is Cc1cc(F)cc(-c2nn3c(c2C(=O)Nc2ccc(C#N)c(C(F)(F)F)c2)CN(C(N)=O)CC3)c1. The summed E-state index contributed by atoms with van der Waals surface area (Å²) in [5.74, 6) is -1.37. The van der Waals surface area contributed by atoms with E-state index in [9.17, 15) is 27.2 Å². The largest absolute Gasteiger partial charge is 0.417 e. The van der Waals surface area contributed by atoms with Crippen molar-refractivity contribution in [2.45, 2.75) is 26.2 Å². The molecule has 3 aromatic rings. The minimum Gasteiger partial charge on any atom is -0.351 e. The van der Waals surface area contributed by atoms with E-state index in [-0.39, 0.29) is 42.1 Å². The van der Waals surface area contributed by atoms with Crippen LogP contribution in [0.1, 0.15) is 32.7 Å². The number of nitrogens with two attached hydrogens (primary N) is 1. The van der Waals surface area contributed by atoms with Crippen molar-refractivity contribution in [2.75, 3.05) is 11.9 Å². The number of nitrogens with zero attached hydrogens (tertiary/aromatic N) is 4. The van der Waals surface area contributed by atoms with Crippen molar-refractivity contribution >= 4 is 17.6 Å². The summed E-state index contributed by atoms with van der Waals surface area (Å²) in [6.07, 6.45) is -4.81. The van der Waals surface area contributed by atoms with E-state index >= 15 is 0 Å². The predicted molar refractivity (Wildman–Crippen MR) is 116 cm³/mol. The molecular formula is C23H18F4N6O2. The number of benzene rings is 2. The van der Waals surface area contributed by atoms with Crippen molar-refractivity contribution in [2.24, 2.45) is 5.73 Å². The molecule has 0 unspecified atom stereocenters.